The molecule has 0 N–H and O–H groups in total. The Morgan fingerprint density at radius 2 is 1.84 bits per heavy atom. The Labute approximate surface area is 184 Å². The van der Waals surface area contributed by atoms with Crippen molar-refractivity contribution in [2.24, 2.45) is 0 Å². The predicted molar refractivity (Wildman–Crippen MR) is 115 cm³/mol. The van der Waals surface area contributed by atoms with Crippen LogP contribution in [0.1, 0.15) is 45.2 Å². The van der Waals surface area contributed by atoms with Gasteiger partial charge in [0.05, 0.1) is 30.9 Å². The van der Waals surface area contributed by atoms with E-state index in [1.807, 2.05) is 25.1 Å². The third kappa shape index (κ3) is 4.34. The average Bonchev–Trinajstić information content (AvgIpc) is 3.26. The van der Waals surface area contributed by atoms with E-state index in [0.717, 1.165) is 11.1 Å². The molecule has 4 aromatic rings. The number of hydrogen-bond donors (Lipinski definition) is 0. The second-order valence-corrected chi connectivity index (χ2v) is 7.27. The molecule has 0 aliphatic heterocycles. The minimum absolute atomic E-state index is 0.121. The maximum atomic E-state index is 13.5. The molecule has 0 bridgehead atoms. The topological polar surface area (TPSA) is 76.8 Å². The van der Waals surface area contributed by atoms with E-state index in [1.54, 1.807) is 52.0 Å². The van der Waals surface area contributed by atoms with Gasteiger partial charge in [0, 0.05) is 6.20 Å². The van der Waals surface area contributed by atoms with Crippen molar-refractivity contribution >= 4 is 17.4 Å². The van der Waals surface area contributed by atoms with Gasteiger partial charge in [-0.3, -0.25) is 4.79 Å². The summed E-state index contributed by atoms with van der Waals surface area (Å²) in [4.78, 5) is 31.3. The molecule has 4 rings (SSSR count). The van der Waals surface area contributed by atoms with Gasteiger partial charge in [0.2, 0.25) is 0 Å². The lowest BCUT2D eigenvalue weighted by molar-refractivity contribution is 0.0593. The van der Waals surface area contributed by atoms with Gasteiger partial charge in [-0.15, -0.1) is 0 Å². The summed E-state index contributed by atoms with van der Waals surface area (Å²) in [5.74, 6) is -1.22. The van der Waals surface area contributed by atoms with Crippen molar-refractivity contribution in [2.45, 2.75) is 19.5 Å². The van der Waals surface area contributed by atoms with Crippen LogP contribution in [0.4, 0.5) is 4.39 Å². The summed E-state index contributed by atoms with van der Waals surface area (Å²) in [6, 6.07) is 17.8. The predicted octanol–water partition coefficient (Wildman–Crippen LogP) is 4.06. The molecule has 1 atom stereocenters. The van der Waals surface area contributed by atoms with Crippen LogP contribution < -0.4 is 0 Å². The Morgan fingerprint density at radius 1 is 1.06 bits per heavy atom. The zero-order valence-electron chi connectivity index (χ0n) is 17.6. The maximum absolute atomic E-state index is 13.5. The van der Waals surface area contributed by atoms with Crippen LogP contribution in [0.25, 0.3) is 5.52 Å². The summed E-state index contributed by atoms with van der Waals surface area (Å²) in [5, 5.41) is 4.40. The summed E-state index contributed by atoms with van der Waals surface area (Å²) < 4.78 is 19.8. The third-order valence-corrected chi connectivity index (χ3v) is 5.20. The van der Waals surface area contributed by atoms with Crippen molar-refractivity contribution < 1.29 is 18.7 Å². The molecule has 7 nitrogen and oxygen atoms in total. The van der Waals surface area contributed by atoms with Crippen molar-refractivity contribution in [3.8, 4) is 0 Å². The quantitative estimate of drug-likeness (QED) is 0.430. The Kier molecular flexibility index (Phi) is 5.93. The SMILES string of the molecule is COC(=O)c1cccc(CN(C(=O)c2cc3ccccn3n2)C(C)c2ccc(F)cc2)n1. The van der Waals surface area contributed by atoms with Gasteiger partial charge in [-0.2, -0.15) is 5.10 Å². The molecule has 32 heavy (non-hydrogen) atoms. The highest BCUT2D eigenvalue weighted by Gasteiger charge is 2.26. The highest BCUT2D eigenvalue weighted by Crippen LogP contribution is 2.25. The fraction of sp³-hybridized carbons (Fsp3) is 0.167. The van der Waals surface area contributed by atoms with Gasteiger partial charge in [0.15, 0.2) is 5.69 Å². The summed E-state index contributed by atoms with van der Waals surface area (Å²) in [6.45, 7) is 1.97. The number of aromatic nitrogens is 3. The molecule has 0 aliphatic rings. The largest absolute Gasteiger partial charge is 0.464 e. The van der Waals surface area contributed by atoms with Crippen molar-refractivity contribution in [1.29, 1.82) is 0 Å². The third-order valence-electron chi connectivity index (χ3n) is 5.20. The molecule has 3 aromatic heterocycles. The Morgan fingerprint density at radius 3 is 2.56 bits per heavy atom. The molecule has 1 unspecified atom stereocenters. The van der Waals surface area contributed by atoms with Crippen LogP contribution >= 0.6 is 0 Å². The lowest BCUT2D eigenvalue weighted by Crippen LogP contribution is -2.34. The number of pyridine rings is 2. The number of halogens is 1. The number of carbonyl (C=O) groups excluding carboxylic acids is 2. The molecular formula is C24H21FN4O3. The molecule has 162 valence electrons. The van der Waals surface area contributed by atoms with Gasteiger partial charge in [-0.25, -0.2) is 18.7 Å². The first-order chi connectivity index (χ1) is 15.5. The second-order valence-electron chi connectivity index (χ2n) is 7.27. The summed E-state index contributed by atoms with van der Waals surface area (Å²) in [7, 11) is 1.28. The van der Waals surface area contributed by atoms with E-state index in [2.05, 4.69) is 10.1 Å². The molecule has 0 saturated carbocycles. The number of methoxy groups -OCH3 is 1. The number of esters is 1. The summed E-state index contributed by atoms with van der Waals surface area (Å²) >= 11 is 0. The van der Waals surface area contributed by atoms with Crippen LogP contribution in [0.2, 0.25) is 0 Å². The molecule has 1 aromatic carbocycles. The average molecular weight is 432 g/mol. The van der Waals surface area contributed by atoms with E-state index in [0.29, 0.717) is 5.69 Å². The fourth-order valence-electron chi connectivity index (χ4n) is 3.46. The van der Waals surface area contributed by atoms with Crippen molar-refractivity contribution in [2.75, 3.05) is 7.11 Å². The van der Waals surface area contributed by atoms with E-state index in [9.17, 15) is 14.0 Å². The molecular weight excluding hydrogens is 411 g/mol. The lowest BCUT2D eigenvalue weighted by Gasteiger charge is -2.29. The molecule has 0 radical (unpaired) electrons. The van der Waals surface area contributed by atoms with Gasteiger partial charge in [0.25, 0.3) is 5.91 Å². The van der Waals surface area contributed by atoms with Gasteiger partial charge < -0.3 is 9.64 Å². The zero-order valence-corrected chi connectivity index (χ0v) is 17.6. The molecule has 0 saturated heterocycles. The molecule has 8 heteroatoms. The monoisotopic (exact) mass is 432 g/mol. The number of nitrogens with zero attached hydrogens (tertiary/aromatic N) is 4. The Hall–Kier alpha value is -4.07. The fourth-order valence-corrected chi connectivity index (χ4v) is 3.46. The highest BCUT2D eigenvalue weighted by atomic mass is 19.1. The number of benzene rings is 1. The van der Waals surface area contributed by atoms with Gasteiger partial charge in [-0.05, 0) is 55.0 Å². The number of carbonyl (C=O) groups is 2. The highest BCUT2D eigenvalue weighted by molar-refractivity contribution is 5.94. The van der Waals surface area contributed by atoms with Crippen LogP contribution in [-0.2, 0) is 11.3 Å². The first-order valence-electron chi connectivity index (χ1n) is 10.0. The van der Waals surface area contributed by atoms with Crippen LogP contribution in [-0.4, -0.2) is 38.5 Å². The summed E-state index contributed by atoms with van der Waals surface area (Å²) in [5.41, 5.74) is 2.48. The minimum atomic E-state index is -0.559. The van der Waals surface area contributed by atoms with Crippen LogP contribution in [0.5, 0.6) is 0 Å². The van der Waals surface area contributed by atoms with Gasteiger partial charge in [-0.1, -0.05) is 24.3 Å². The van der Waals surface area contributed by atoms with Crippen molar-refractivity contribution in [1.82, 2.24) is 19.5 Å². The number of amides is 1. The molecule has 3 heterocycles. The van der Waals surface area contributed by atoms with Crippen molar-refractivity contribution in [3.63, 3.8) is 0 Å². The zero-order chi connectivity index (χ0) is 22.7. The van der Waals surface area contributed by atoms with Crippen LogP contribution in [0.3, 0.4) is 0 Å². The minimum Gasteiger partial charge on any atom is -0.464 e. The number of fused-ring (bicyclic) bond motifs is 1. The molecule has 1 amide bonds. The molecule has 0 spiro atoms. The van der Waals surface area contributed by atoms with Crippen LogP contribution in [0, 0.1) is 5.82 Å². The molecule has 0 fully saturated rings. The van der Waals surface area contributed by atoms with E-state index in [4.69, 9.17) is 4.74 Å². The number of ether oxygens (including phenoxy) is 1. The van der Waals surface area contributed by atoms with Crippen LogP contribution in [0.15, 0.2) is 72.9 Å². The van der Waals surface area contributed by atoms with Gasteiger partial charge >= 0.3 is 5.97 Å². The van der Waals surface area contributed by atoms with E-state index < -0.39 is 12.0 Å². The van der Waals surface area contributed by atoms with E-state index in [-0.39, 0.29) is 29.7 Å². The Balaban J connectivity index is 1.71. The lowest BCUT2D eigenvalue weighted by atomic mass is 10.1. The normalized spacial score (nSPS) is 11.8. The summed E-state index contributed by atoms with van der Waals surface area (Å²) in [6.07, 6.45) is 1.77. The first-order valence-corrected chi connectivity index (χ1v) is 10.0. The van der Waals surface area contributed by atoms with E-state index >= 15 is 0 Å². The maximum Gasteiger partial charge on any atom is 0.356 e. The Bertz CT molecular complexity index is 1240. The second kappa shape index (κ2) is 8.97. The van der Waals surface area contributed by atoms with E-state index in [1.165, 1.54) is 19.2 Å². The standard InChI is InChI=1S/C24H21FN4O3/c1-16(17-9-11-18(25)12-10-17)28(15-19-6-5-8-21(26-19)24(31)32-2)23(30)22-14-20-7-3-4-13-29(20)27-22/h3-14,16H,15H2,1-2H3. The van der Waals surface area contributed by atoms with Gasteiger partial charge in [0.1, 0.15) is 11.5 Å². The van der Waals surface area contributed by atoms with Crippen molar-refractivity contribution in [3.05, 3.63) is 101 Å². The smallest absolute Gasteiger partial charge is 0.356 e. The number of hydrogen-bond acceptors (Lipinski definition) is 5. The molecule has 0 aliphatic carbocycles. The number of rotatable bonds is 6. The first kappa shape index (κ1) is 21.2.